The molecule has 1 N–H and O–H groups in total. The highest BCUT2D eigenvalue weighted by Gasteiger charge is 2.18. The first kappa shape index (κ1) is 18.2. The van der Waals surface area contributed by atoms with Gasteiger partial charge in [-0.3, -0.25) is 4.79 Å². The predicted molar refractivity (Wildman–Crippen MR) is 82.3 cm³/mol. The van der Waals surface area contributed by atoms with Crippen LogP contribution in [-0.4, -0.2) is 10.9 Å². The van der Waals surface area contributed by atoms with Crippen molar-refractivity contribution in [1.82, 2.24) is 0 Å². The zero-order chi connectivity index (χ0) is 14.7. The number of allylic oxidation sites excluding steroid dienone is 2. The van der Waals surface area contributed by atoms with Gasteiger partial charge < -0.3 is 5.11 Å². The molecule has 0 saturated carbocycles. The van der Waals surface area contributed by atoms with E-state index in [0.29, 0.717) is 5.76 Å². The van der Waals surface area contributed by atoms with Gasteiger partial charge in [0.1, 0.15) is 0 Å². The van der Waals surface area contributed by atoms with Gasteiger partial charge in [-0.25, -0.2) is 0 Å². The first-order chi connectivity index (χ1) is 9.10. The molecule has 0 unspecified atom stereocenters. The second-order valence-electron chi connectivity index (χ2n) is 5.52. The van der Waals surface area contributed by atoms with Crippen LogP contribution in [-0.2, 0) is 4.79 Å². The van der Waals surface area contributed by atoms with Crippen molar-refractivity contribution in [2.75, 3.05) is 0 Å². The molecule has 0 aromatic heterocycles. The van der Waals surface area contributed by atoms with Crippen molar-refractivity contribution in [3.05, 3.63) is 11.8 Å². The zero-order valence-electron chi connectivity index (χ0n) is 13.2. The van der Waals surface area contributed by atoms with E-state index in [1.165, 1.54) is 6.08 Å². The summed E-state index contributed by atoms with van der Waals surface area (Å²) >= 11 is 0. The molecular formula is C17H32O2. The molecular weight excluding hydrogens is 236 g/mol. The average Bonchev–Trinajstić information content (AvgIpc) is 2.38. The minimum Gasteiger partial charge on any atom is -0.512 e. The Labute approximate surface area is 119 Å². The molecule has 0 rings (SSSR count). The number of ketones is 1. The van der Waals surface area contributed by atoms with E-state index in [0.717, 1.165) is 51.4 Å². The first-order valence-corrected chi connectivity index (χ1v) is 8.04. The van der Waals surface area contributed by atoms with Gasteiger partial charge in [-0.1, -0.05) is 53.4 Å². The second-order valence-corrected chi connectivity index (χ2v) is 5.52. The number of aliphatic hydroxyl groups is 1. The molecule has 2 heteroatoms. The topological polar surface area (TPSA) is 37.3 Å². The van der Waals surface area contributed by atoms with Crippen molar-refractivity contribution in [3.63, 3.8) is 0 Å². The number of carbonyl (C=O) groups is 1. The summed E-state index contributed by atoms with van der Waals surface area (Å²) in [6.07, 6.45) is 9.47. The lowest BCUT2D eigenvalue weighted by Crippen LogP contribution is -2.14. The van der Waals surface area contributed by atoms with Crippen LogP contribution >= 0.6 is 0 Å². The second kappa shape index (κ2) is 11.1. The molecule has 0 aromatic carbocycles. The van der Waals surface area contributed by atoms with Crippen LogP contribution in [0, 0.1) is 11.8 Å². The summed E-state index contributed by atoms with van der Waals surface area (Å²) in [6, 6.07) is 0. The molecule has 112 valence electrons. The Bertz CT molecular complexity index is 256. The largest absolute Gasteiger partial charge is 0.512 e. The minimum absolute atomic E-state index is 0.0982. The van der Waals surface area contributed by atoms with Gasteiger partial charge in [-0.15, -0.1) is 0 Å². The first-order valence-electron chi connectivity index (χ1n) is 8.04. The quantitative estimate of drug-likeness (QED) is 0.401. The van der Waals surface area contributed by atoms with Crippen molar-refractivity contribution in [3.8, 4) is 0 Å². The third-order valence-electron chi connectivity index (χ3n) is 3.66. The van der Waals surface area contributed by atoms with Gasteiger partial charge in [0.15, 0.2) is 5.78 Å². The van der Waals surface area contributed by atoms with Crippen LogP contribution in [0.25, 0.3) is 0 Å². The maximum absolute atomic E-state index is 12.2. The summed E-state index contributed by atoms with van der Waals surface area (Å²) in [4.78, 5) is 12.2. The number of carbonyl (C=O) groups excluding carboxylic acids is 1. The lowest BCUT2D eigenvalue weighted by Gasteiger charge is -2.16. The van der Waals surface area contributed by atoms with E-state index < -0.39 is 0 Å². The summed E-state index contributed by atoms with van der Waals surface area (Å²) in [5, 5.41) is 10.2. The molecule has 0 saturated heterocycles. The van der Waals surface area contributed by atoms with Crippen molar-refractivity contribution in [1.29, 1.82) is 0 Å². The number of rotatable bonds is 11. The normalized spacial score (nSPS) is 12.4. The molecule has 2 nitrogen and oxygen atoms in total. The fourth-order valence-corrected chi connectivity index (χ4v) is 2.64. The van der Waals surface area contributed by atoms with Crippen LogP contribution in [0.2, 0.25) is 0 Å². The van der Waals surface area contributed by atoms with E-state index in [9.17, 15) is 9.90 Å². The highest BCUT2D eigenvalue weighted by atomic mass is 16.3. The molecule has 0 bridgehead atoms. The Kier molecular flexibility index (Phi) is 10.6. The van der Waals surface area contributed by atoms with Gasteiger partial charge in [-0.2, -0.15) is 0 Å². The van der Waals surface area contributed by atoms with E-state index in [1.54, 1.807) is 0 Å². The average molecular weight is 268 g/mol. The minimum atomic E-state index is 0.0982. The summed E-state index contributed by atoms with van der Waals surface area (Å²) < 4.78 is 0. The number of hydrogen-bond donors (Lipinski definition) is 1. The summed E-state index contributed by atoms with van der Waals surface area (Å²) in [7, 11) is 0. The predicted octanol–water partition coefficient (Wildman–Crippen LogP) is 5.43. The van der Waals surface area contributed by atoms with Crippen molar-refractivity contribution in [2.24, 2.45) is 11.8 Å². The van der Waals surface area contributed by atoms with Crippen LogP contribution in [0.1, 0.15) is 79.1 Å². The lowest BCUT2D eigenvalue weighted by molar-refractivity contribution is -0.118. The third kappa shape index (κ3) is 7.39. The van der Waals surface area contributed by atoms with Crippen LogP contribution in [0.3, 0.4) is 0 Å². The standard InChI is InChI=1S/C17H32O2/c1-5-9-14(10-6-2)16(18)13-17(19)15(11-7-3)12-8-4/h13-15,18H,5-12H2,1-4H3. The van der Waals surface area contributed by atoms with Crippen LogP contribution in [0.4, 0.5) is 0 Å². The fraction of sp³-hybridized carbons (Fsp3) is 0.824. The van der Waals surface area contributed by atoms with Crippen molar-refractivity contribution in [2.45, 2.75) is 79.1 Å². The SMILES string of the molecule is CCCC(CCC)C(=O)C=C(O)C(CCC)CCC. The van der Waals surface area contributed by atoms with E-state index in [1.807, 2.05) is 0 Å². The Balaban J connectivity index is 4.70. The Morgan fingerprint density at radius 3 is 1.58 bits per heavy atom. The van der Waals surface area contributed by atoms with Gasteiger partial charge in [-0.05, 0) is 25.7 Å². The Morgan fingerprint density at radius 1 is 0.842 bits per heavy atom. The molecule has 0 aliphatic carbocycles. The van der Waals surface area contributed by atoms with Gasteiger partial charge in [0.25, 0.3) is 0 Å². The number of aliphatic hydroxyl groups excluding tert-OH is 1. The molecule has 0 amide bonds. The van der Waals surface area contributed by atoms with E-state index in [4.69, 9.17) is 0 Å². The summed E-state index contributed by atoms with van der Waals surface area (Å²) in [5.41, 5.74) is 0. The monoisotopic (exact) mass is 268 g/mol. The smallest absolute Gasteiger partial charge is 0.162 e. The molecule has 0 aromatic rings. The lowest BCUT2D eigenvalue weighted by atomic mass is 9.90. The molecule has 0 fully saturated rings. The molecule has 0 heterocycles. The maximum atomic E-state index is 12.2. The molecule has 0 aliphatic heterocycles. The van der Waals surface area contributed by atoms with Gasteiger partial charge in [0.05, 0.1) is 5.76 Å². The molecule has 0 aliphatic rings. The van der Waals surface area contributed by atoms with Crippen molar-refractivity contribution < 1.29 is 9.90 Å². The molecule has 0 atom stereocenters. The van der Waals surface area contributed by atoms with Gasteiger partial charge in [0.2, 0.25) is 0 Å². The van der Waals surface area contributed by atoms with Crippen molar-refractivity contribution >= 4 is 5.78 Å². The Morgan fingerprint density at radius 2 is 1.21 bits per heavy atom. The van der Waals surface area contributed by atoms with Crippen LogP contribution < -0.4 is 0 Å². The van der Waals surface area contributed by atoms with Crippen LogP contribution in [0.15, 0.2) is 11.8 Å². The zero-order valence-corrected chi connectivity index (χ0v) is 13.2. The van der Waals surface area contributed by atoms with E-state index in [2.05, 4.69) is 27.7 Å². The summed E-state index contributed by atoms with van der Waals surface area (Å²) in [6.45, 7) is 8.45. The number of hydrogen-bond acceptors (Lipinski definition) is 2. The highest BCUT2D eigenvalue weighted by Crippen LogP contribution is 2.23. The Hall–Kier alpha value is -0.790. The van der Waals surface area contributed by atoms with Gasteiger partial charge in [0, 0.05) is 17.9 Å². The highest BCUT2D eigenvalue weighted by molar-refractivity contribution is 5.92. The van der Waals surface area contributed by atoms with Crippen LogP contribution in [0.5, 0.6) is 0 Å². The van der Waals surface area contributed by atoms with E-state index >= 15 is 0 Å². The third-order valence-corrected chi connectivity index (χ3v) is 3.66. The maximum Gasteiger partial charge on any atom is 0.162 e. The molecule has 0 spiro atoms. The van der Waals surface area contributed by atoms with Gasteiger partial charge >= 0.3 is 0 Å². The molecule has 0 radical (unpaired) electrons. The van der Waals surface area contributed by atoms with E-state index in [-0.39, 0.29) is 17.6 Å². The fourth-order valence-electron chi connectivity index (χ4n) is 2.64. The summed E-state index contributed by atoms with van der Waals surface area (Å²) in [5.74, 6) is 0.702. The molecule has 19 heavy (non-hydrogen) atoms.